The van der Waals surface area contributed by atoms with Crippen molar-refractivity contribution in [2.45, 2.75) is 6.54 Å². The number of urea groups is 1. The van der Waals surface area contributed by atoms with Gasteiger partial charge in [0.15, 0.2) is 0 Å². The molecule has 3 aromatic carbocycles. The zero-order chi connectivity index (χ0) is 18.6. The molecular formula is C22H20N4O. The summed E-state index contributed by atoms with van der Waals surface area (Å²) in [7, 11) is 1.80. The smallest absolute Gasteiger partial charge is 0.321 e. The monoisotopic (exact) mass is 356 g/mol. The molecule has 4 rings (SSSR count). The van der Waals surface area contributed by atoms with E-state index in [1.807, 2.05) is 54.7 Å². The number of benzene rings is 3. The van der Waals surface area contributed by atoms with Gasteiger partial charge in [0.1, 0.15) is 0 Å². The van der Waals surface area contributed by atoms with Crippen molar-refractivity contribution in [3.05, 3.63) is 90.8 Å². The van der Waals surface area contributed by atoms with Crippen molar-refractivity contribution < 1.29 is 4.79 Å². The zero-order valence-electron chi connectivity index (χ0n) is 15.0. The molecule has 0 saturated heterocycles. The van der Waals surface area contributed by atoms with E-state index in [4.69, 9.17) is 0 Å². The zero-order valence-corrected chi connectivity index (χ0v) is 15.0. The molecule has 5 nitrogen and oxygen atoms in total. The Morgan fingerprint density at radius 1 is 1.00 bits per heavy atom. The number of amides is 2. The number of rotatable bonds is 4. The minimum atomic E-state index is -0.164. The van der Waals surface area contributed by atoms with Crippen LogP contribution < -0.4 is 5.32 Å². The summed E-state index contributed by atoms with van der Waals surface area (Å²) in [6.07, 6.45) is 3.57. The van der Waals surface area contributed by atoms with Crippen LogP contribution in [0.5, 0.6) is 0 Å². The van der Waals surface area contributed by atoms with Crippen molar-refractivity contribution in [1.29, 1.82) is 0 Å². The van der Waals surface area contributed by atoms with Crippen LogP contribution in [0.2, 0.25) is 0 Å². The fraction of sp³-hybridized carbons (Fsp3) is 0.0909. The topological polar surface area (TPSA) is 50.2 Å². The molecule has 0 saturated carbocycles. The Balaban J connectivity index is 1.54. The van der Waals surface area contributed by atoms with E-state index in [-0.39, 0.29) is 6.03 Å². The molecule has 0 radical (unpaired) electrons. The van der Waals surface area contributed by atoms with Crippen molar-refractivity contribution >= 4 is 22.5 Å². The van der Waals surface area contributed by atoms with E-state index in [9.17, 15) is 4.79 Å². The van der Waals surface area contributed by atoms with Crippen molar-refractivity contribution in [1.82, 2.24) is 14.7 Å². The summed E-state index contributed by atoms with van der Waals surface area (Å²) < 4.78 is 1.74. The fourth-order valence-corrected chi connectivity index (χ4v) is 3.16. The van der Waals surface area contributed by atoms with Gasteiger partial charge in [-0.1, -0.05) is 54.6 Å². The molecular weight excluding hydrogens is 336 g/mol. The Kier molecular flexibility index (Phi) is 4.58. The number of nitrogens with zero attached hydrogens (tertiary/aromatic N) is 3. The Morgan fingerprint density at radius 2 is 1.78 bits per heavy atom. The van der Waals surface area contributed by atoms with Gasteiger partial charge in [0, 0.05) is 26.0 Å². The second-order valence-corrected chi connectivity index (χ2v) is 6.39. The maximum absolute atomic E-state index is 12.8. The number of hydrogen-bond acceptors (Lipinski definition) is 2. The lowest BCUT2D eigenvalue weighted by Crippen LogP contribution is -2.31. The number of nitrogens with one attached hydrogen (secondary N) is 1. The molecule has 1 N–H and O–H groups in total. The summed E-state index contributed by atoms with van der Waals surface area (Å²) in [4.78, 5) is 14.4. The van der Waals surface area contributed by atoms with Gasteiger partial charge >= 0.3 is 6.03 Å². The van der Waals surface area contributed by atoms with Crippen LogP contribution in [0.1, 0.15) is 5.56 Å². The highest BCUT2D eigenvalue weighted by Crippen LogP contribution is 2.22. The third-order valence-electron chi connectivity index (χ3n) is 4.53. The van der Waals surface area contributed by atoms with Crippen molar-refractivity contribution in [3.63, 3.8) is 0 Å². The largest absolute Gasteiger partial charge is 0.323 e. The first-order valence-corrected chi connectivity index (χ1v) is 8.80. The number of aromatic nitrogens is 2. The standard InChI is InChI=1S/C22H20N4O/c1-25(16-18-10-6-9-17-8-2-3-11-19(17)18)22(27)24-20-12-4-5-13-21(20)26-15-7-14-23-26/h2-15H,16H2,1H3,(H,24,27). The lowest BCUT2D eigenvalue weighted by atomic mass is 10.0. The average molecular weight is 356 g/mol. The van der Waals surface area contributed by atoms with E-state index in [0.29, 0.717) is 6.54 Å². The van der Waals surface area contributed by atoms with Gasteiger partial charge in [0.05, 0.1) is 11.4 Å². The van der Waals surface area contributed by atoms with Crippen LogP contribution >= 0.6 is 0 Å². The van der Waals surface area contributed by atoms with Crippen LogP contribution in [0.4, 0.5) is 10.5 Å². The summed E-state index contributed by atoms with van der Waals surface area (Å²) in [6.45, 7) is 0.525. The predicted molar refractivity (Wildman–Crippen MR) is 108 cm³/mol. The van der Waals surface area contributed by atoms with Gasteiger partial charge in [0.2, 0.25) is 0 Å². The first kappa shape index (κ1) is 16.8. The molecule has 0 fully saturated rings. The lowest BCUT2D eigenvalue weighted by Gasteiger charge is -2.20. The first-order chi connectivity index (χ1) is 13.2. The van der Waals surface area contributed by atoms with E-state index in [0.717, 1.165) is 22.3 Å². The van der Waals surface area contributed by atoms with E-state index >= 15 is 0 Å². The average Bonchev–Trinajstić information content (AvgIpc) is 3.23. The SMILES string of the molecule is CN(Cc1cccc2ccccc12)C(=O)Nc1ccccc1-n1cccn1. The van der Waals surface area contributed by atoms with Gasteiger partial charge in [-0.25, -0.2) is 9.48 Å². The van der Waals surface area contributed by atoms with Crippen LogP contribution in [-0.4, -0.2) is 27.8 Å². The Hall–Kier alpha value is -3.60. The van der Waals surface area contributed by atoms with E-state index < -0.39 is 0 Å². The minimum Gasteiger partial charge on any atom is -0.323 e. The molecule has 0 aliphatic heterocycles. The highest BCUT2D eigenvalue weighted by molar-refractivity contribution is 5.92. The van der Waals surface area contributed by atoms with E-state index in [1.165, 1.54) is 5.39 Å². The molecule has 0 aliphatic carbocycles. The number of hydrogen-bond donors (Lipinski definition) is 1. The molecule has 0 bridgehead atoms. The maximum Gasteiger partial charge on any atom is 0.321 e. The Labute approximate surface area is 157 Å². The van der Waals surface area contributed by atoms with Crippen molar-refractivity contribution in [2.24, 2.45) is 0 Å². The summed E-state index contributed by atoms with van der Waals surface area (Å²) in [5.74, 6) is 0. The molecule has 1 heterocycles. The molecule has 5 heteroatoms. The number of para-hydroxylation sites is 2. The Bertz CT molecular complexity index is 1070. The Morgan fingerprint density at radius 3 is 2.63 bits per heavy atom. The fourth-order valence-electron chi connectivity index (χ4n) is 3.16. The van der Waals surface area contributed by atoms with Crippen LogP contribution in [0.3, 0.4) is 0 Å². The predicted octanol–water partition coefficient (Wildman–Crippen LogP) is 4.69. The van der Waals surface area contributed by atoms with E-state index in [2.05, 4.69) is 34.7 Å². The first-order valence-electron chi connectivity index (χ1n) is 8.80. The van der Waals surface area contributed by atoms with Gasteiger partial charge in [0.25, 0.3) is 0 Å². The third kappa shape index (κ3) is 3.53. The molecule has 4 aromatic rings. The van der Waals surface area contributed by atoms with Crippen LogP contribution in [-0.2, 0) is 6.54 Å². The van der Waals surface area contributed by atoms with Gasteiger partial charge in [-0.3, -0.25) is 0 Å². The lowest BCUT2D eigenvalue weighted by molar-refractivity contribution is 0.221. The number of carbonyl (C=O) groups is 1. The molecule has 0 aliphatic rings. The van der Waals surface area contributed by atoms with Gasteiger partial charge < -0.3 is 10.2 Å². The molecule has 0 atom stereocenters. The summed E-state index contributed by atoms with van der Waals surface area (Å²) in [5, 5.41) is 9.58. The van der Waals surface area contributed by atoms with Crippen LogP contribution in [0.15, 0.2) is 85.2 Å². The number of carbonyl (C=O) groups excluding carboxylic acids is 1. The minimum absolute atomic E-state index is 0.164. The van der Waals surface area contributed by atoms with Crippen LogP contribution in [0, 0.1) is 0 Å². The molecule has 134 valence electrons. The number of fused-ring (bicyclic) bond motifs is 1. The second-order valence-electron chi connectivity index (χ2n) is 6.39. The summed E-state index contributed by atoms with van der Waals surface area (Å²) >= 11 is 0. The van der Waals surface area contributed by atoms with Gasteiger partial charge in [-0.2, -0.15) is 5.10 Å². The highest BCUT2D eigenvalue weighted by Gasteiger charge is 2.13. The quantitative estimate of drug-likeness (QED) is 0.577. The van der Waals surface area contributed by atoms with Crippen molar-refractivity contribution in [3.8, 4) is 5.69 Å². The second kappa shape index (κ2) is 7.33. The molecule has 0 unspecified atom stereocenters. The highest BCUT2D eigenvalue weighted by atomic mass is 16.2. The summed E-state index contributed by atoms with van der Waals surface area (Å²) in [6, 6.07) is 23.7. The van der Waals surface area contributed by atoms with Crippen molar-refractivity contribution in [2.75, 3.05) is 12.4 Å². The molecule has 0 spiro atoms. The maximum atomic E-state index is 12.8. The van der Waals surface area contributed by atoms with Crippen LogP contribution in [0.25, 0.3) is 16.5 Å². The summed E-state index contributed by atoms with van der Waals surface area (Å²) in [5.41, 5.74) is 2.66. The van der Waals surface area contributed by atoms with Gasteiger partial charge in [-0.05, 0) is 34.5 Å². The van der Waals surface area contributed by atoms with E-state index in [1.54, 1.807) is 22.8 Å². The molecule has 2 amide bonds. The molecule has 1 aromatic heterocycles. The third-order valence-corrected chi connectivity index (χ3v) is 4.53. The molecule has 27 heavy (non-hydrogen) atoms. The van der Waals surface area contributed by atoms with Gasteiger partial charge in [-0.15, -0.1) is 0 Å². The normalized spacial score (nSPS) is 10.7. The number of anilines is 1.